The van der Waals surface area contributed by atoms with Gasteiger partial charge < -0.3 is 9.88 Å². The molecule has 1 aromatic rings. The summed E-state index contributed by atoms with van der Waals surface area (Å²) in [5, 5.41) is 0. The molecule has 1 amide bonds. The average molecular weight is 412 g/mol. The van der Waals surface area contributed by atoms with E-state index in [1.807, 2.05) is 20.8 Å². The van der Waals surface area contributed by atoms with E-state index in [1.54, 1.807) is 4.90 Å². The Bertz CT molecular complexity index is 932. The van der Waals surface area contributed by atoms with Crippen LogP contribution in [0.25, 0.3) is 0 Å². The van der Waals surface area contributed by atoms with Crippen molar-refractivity contribution in [2.75, 3.05) is 27.2 Å². The summed E-state index contributed by atoms with van der Waals surface area (Å²) < 4.78 is 27.4. The number of amides is 1. The van der Waals surface area contributed by atoms with Crippen molar-refractivity contribution in [3.63, 3.8) is 0 Å². The third kappa shape index (κ3) is 3.72. The summed E-state index contributed by atoms with van der Waals surface area (Å²) in [6, 6.07) is -0.287. The first kappa shape index (κ1) is 20.9. The molecule has 1 N–H and O–H groups in total. The van der Waals surface area contributed by atoms with E-state index < -0.39 is 15.6 Å². The Morgan fingerprint density at radius 1 is 1.25 bits per heavy atom. The Morgan fingerprint density at radius 3 is 2.54 bits per heavy atom. The smallest absolute Gasteiger partial charge is 0.281 e. The van der Waals surface area contributed by atoms with Gasteiger partial charge in [-0.1, -0.05) is 20.8 Å². The fraction of sp³-hybridized carbons (Fsp3) is 0.722. The van der Waals surface area contributed by atoms with E-state index >= 15 is 0 Å². The lowest BCUT2D eigenvalue weighted by atomic mass is 9.94. The van der Waals surface area contributed by atoms with E-state index in [1.165, 1.54) is 18.4 Å². The first-order valence-corrected chi connectivity index (χ1v) is 10.9. The third-order valence-electron chi connectivity index (χ3n) is 5.32. The molecule has 10 heteroatoms. The van der Waals surface area contributed by atoms with Crippen LogP contribution in [0.15, 0.2) is 4.79 Å². The Balaban J connectivity index is 1.95. The van der Waals surface area contributed by atoms with Crippen LogP contribution < -0.4 is 5.56 Å². The van der Waals surface area contributed by atoms with E-state index in [0.717, 1.165) is 17.1 Å². The third-order valence-corrected chi connectivity index (χ3v) is 7.20. The monoisotopic (exact) mass is 411 g/mol. The second kappa shape index (κ2) is 7.23. The van der Waals surface area contributed by atoms with E-state index in [9.17, 15) is 18.0 Å². The molecule has 0 radical (unpaired) electrons. The number of aromatic amines is 1. The van der Waals surface area contributed by atoms with Gasteiger partial charge in [0.05, 0.1) is 18.3 Å². The Morgan fingerprint density at radius 2 is 1.93 bits per heavy atom. The first-order valence-electron chi connectivity index (χ1n) is 9.53. The molecule has 1 saturated heterocycles. The topological polar surface area (TPSA) is 107 Å². The molecular weight excluding hydrogens is 382 g/mol. The molecule has 9 nitrogen and oxygen atoms in total. The van der Waals surface area contributed by atoms with Crippen LogP contribution in [0, 0.1) is 5.41 Å². The highest BCUT2D eigenvalue weighted by Crippen LogP contribution is 2.34. The number of rotatable bonds is 3. The molecule has 1 aromatic heterocycles. The zero-order chi connectivity index (χ0) is 20.9. The molecule has 0 unspecified atom stereocenters. The van der Waals surface area contributed by atoms with Crippen molar-refractivity contribution in [2.24, 2.45) is 5.41 Å². The highest BCUT2D eigenvalue weighted by molar-refractivity contribution is 7.86. The SMILES string of the molecule is CN(C)S(=O)(=O)N1CCc2c(nc([C@H]3CCCN3C(=O)C(C)(C)C)[nH]c2=O)C1. The van der Waals surface area contributed by atoms with Crippen molar-refractivity contribution < 1.29 is 13.2 Å². The predicted octanol–water partition coefficient (Wildman–Crippen LogP) is 0.644. The van der Waals surface area contributed by atoms with Gasteiger partial charge >= 0.3 is 0 Å². The van der Waals surface area contributed by atoms with Crippen molar-refractivity contribution in [3.05, 3.63) is 27.4 Å². The predicted molar refractivity (Wildman–Crippen MR) is 105 cm³/mol. The largest absolute Gasteiger partial charge is 0.332 e. The lowest BCUT2D eigenvalue weighted by Gasteiger charge is -2.32. The molecule has 3 rings (SSSR count). The van der Waals surface area contributed by atoms with Crippen LogP contribution in [0.1, 0.15) is 56.7 Å². The van der Waals surface area contributed by atoms with Gasteiger partial charge in [0.2, 0.25) is 5.91 Å². The number of hydrogen-bond donors (Lipinski definition) is 1. The van der Waals surface area contributed by atoms with Gasteiger partial charge in [0, 0.05) is 38.2 Å². The van der Waals surface area contributed by atoms with Crippen LogP contribution in [0.3, 0.4) is 0 Å². The normalized spacial score (nSPS) is 21.2. The number of carbonyl (C=O) groups excluding carboxylic acids is 1. The minimum Gasteiger partial charge on any atom is -0.332 e. The van der Waals surface area contributed by atoms with Gasteiger partial charge in [0.1, 0.15) is 5.82 Å². The summed E-state index contributed by atoms with van der Waals surface area (Å²) in [6.07, 6.45) is 1.89. The summed E-state index contributed by atoms with van der Waals surface area (Å²) in [7, 11) is -0.617. The highest BCUT2D eigenvalue weighted by Gasteiger charge is 2.38. The van der Waals surface area contributed by atoms with Gasteiger partial charge in [-0.05, 0) is 19.3 Å². The van der Waals surface area contributed by atoms with Crippen LogP contribution in [-0.4, -0.2) is 65.0 Å². The number of aromatic nitrogens is 2. The van der Waals surface area contributed by atoms with Crippen LogP contribution in [0.5, 0.6) is 0 Å². The van der Waals surface area contributed by atoms with Crippen molar-refractivity contribution in [1.29, 1.82) is 0 Å². The van der Waals surface area contributed by atoms with Crippen LogP contribution in [-0.2, 0) is 28.0 Å². The van der Waals surface area contributed by atoms with Gasteiger partial charge in [0.15, 0.2) is 0 Å². The number of nitrogens with one attached hydrogen (secondary N) is 1. The quantitative estimate of drug-likeness (QED) is 0.786. The van der Waals surface area contributed by atoms with Crippen molar-refractivity contribution in [3.8, 4) is 0 Å². The van der Waals surface area contributed by atoms with Crippen molar-refractivity contribution in [2.45, 2.75) is 52.6 Å². The molecule has 156 valence electrons. The second-order valence-corrected chi connectivity index (χ2v) is 10.8. The molecule has 0 aromatic carbocycles. The van der Waals surface area contributed by atoms with Crippen LogP contribution >= 0.6 is 0 Å². The molecule has 2 aliphatic rings. The fourth-order valence-electron chi connectivity index (χ4n) is 3.75. The zero-order valence-electron chi connectivity index (χ0n) is 17.2. The van der Waals surface area contributed by atoms with E-state index in [-0.39, 0.29) is 30.6 Å². The number of nitrogens with zero attached hydrogens (tertiary/aromatic N) is 4. The summed E-state index contributed by atoms with van der Waals surface area (Å²) in [5.41, 5.74) is 0.247. The molecule has 1 fully saturated rings. The standard InChI is InChI=1S/C18H29N5O4S/c1-18(2,3)17(25)23-9-6-7-14(23)15-19-13-11-22(28(26,27)21(4)5)10-8-12(13)16(24)20-15/h14H,6-11H2,1-5H3,(H,19,20,24)/t14-/m1/s1. The highest BCUT2D eigenvalue weighted by atomic mass is 32.2. The second-order valence-electron chi connectivity index (χ2n) is 8.66. The van der Waals surface area contributed by atoms with E-state index in [0.29, 0.717) is 30.0 Å². The van der Waals surface area contributed by atoms with Crippen molar-refractivity contribution in [1.82, 2.24) is 23.5 Å². The fourth-order valence-corrected chi connectivity index (χ4v) is 4.81. The van der Waals surface area contributed by atoms with Gasteiger partial charge in [-0.2, -0.15) is 17.0 Å². The molecule has 0 aliphatic carbocycles. The molecule has 0 saturated carbocycles. The minimum atomic E-state index is -3.58. The number of likely N-dealkylation sites (tertiary alicyclic amines) is 1. The van der Waals surface area contributed by atoms with Crippen LogP contribution in [0.2, 0.25) is 0 Å². The molecule has 2 aliphatic heterocycles. The van der Waals surface area contributed by atoms with Gasteiger partial charge in [-0.25, -0.2) is 4.98 Å². The number of carbonyl (C=O) groups is 1. The Kier molecular flexibility index (Phi) is 5.41. The summed E-state index contributed by atoms with van der Waals surface area (Å²) in [5.74, 6) is 0.468. The Hall–Kier alpha value is -1.78. The maximum atomic E-state index is 12.8. The number of fused-ring (bicyclic) bond motifs is 1. The molecule has 28 heavy (non-hydrogen) atoms. The summed E-state index contributed by atoms with van der Waals surface area (Å²) >= 11 is 0. The summed E-state index contributed by atoms with van der Waals surface area (Å²) in [6.45, 7) is 6.55. The first-order chi connectivity index (χ1) is 12.9. The van der Waals surface area contributed by atoms with Crippen molar-refractivity contribution >= 4 is 16.1 Å². The number of H-pyrrole nitrogens is 1. The number of hydrogen-bond acceptors (Lipinski definition) is 5. The molecule has 0 spiro atoms. The molecular formula is C18H29N5O4S. The maximum absolute atomic E-state index is 12.8. The molecule has 1 atom stereocenters. The van der Waals surface area contributed by atoms with E-state index in [4.69, 9.17) is 0 Å². The summed E-state index contributed by atoms with van der Waals surface area (Å²) in [4.78, 5) is 34.7. The zero-order valence-corrected chi connectivity index (χ0v) is 18.0. The lowest BCUT2D eigenvalue weighted by Crippen LogP contribution is -2.45. The van der Waals surface area contributed by atoms with Gasteiger partial charge in [-0.15, -0.1) is 0 Å². The minimum absolute atomic E-state index is 0.0205. The Labute approximate surface area is 165 Å². The lowest BCUT2D eigenvalue weighted by molar-refractivity contribution is -0.140. The maximum Gasteiger partial charge on any atom is 0.281 e. The van der Waals surface area contributed by atoms with Gasteiger partial charge in [0.25, 0.3) is 15.8 Å². The average Bonchev–Trinajstić information content (AvgIpc) is 3.09. The molecule has 0 bridgehead atoms. The van der Waals surface area contributed by atoms with Crippen LogP contribution in [0.4, 0.5) is 0 Å². The van der Waals surface area contributed by atoms with E-state index in [2.05, 4.69) is 9.97 Å². The molecule has 3 heterocycles. The van der Waals surface area contributed by atoms with Gasteiger partial charge in [-0.3, -0.25) is 9.59 Å².